The molecular formula is C12H22N2O. The smallest absolute Gasteiger partial charge is 0.106 e. The van der Waals surface area contributed by atoms with E-state index in [-0.39, 0.29) is 5.54 Å². The molecule has 86 valence electrons. The Morgan fingerprint density at radius 3 is 2.33 bits per heavy atom. The molecule has 1 fully saturated rings. The zero-order valence-corrected chi connectivity index (χ0v) is 10.1. The van der Waals surface area contributed by atoms with E-state index >= 15 is 0 Å². The predicted octanol–water partition coefficient (Wildman–Crippen LogP) is 2.08. The Labute approximate surface area is 92.8 Å². The Kier molecular flexibility index (Phi) is 4.12. The Hall–Kier alpha value is -0.590. The molecule has 0 spiro atoms. The second kappa shape index (κ2) is 4.96. The molecule has 0 saturated heterocycles. The topological polar surface area (TPSA) is 45.0 Å². The van der Waals surface area contributed by atoms with Crippen LogP contribution >= 0.6 is 0 Å². The highest BCUT2D eigenvalue weighted by Gasteiger charge is 2.37. The number of methoxy groups -OCH3 is 1. The SMILES string of the molecule is COCCNC1(C#N)CCC(C)(C)CC1. The molecular weight excluding hydrogens is 188 g/mol. The van der Waals surface area contributed by atoms with Crippen molar-refractivity contribution >= 4 is 0 Å². The summed E-state index contributed by atoms with van der Waals surface area (Å²) < 4.78 is 4.99. The summed E-state index contributed by atoms with van der Waals surface area (Å²) in [5.41, 5.74) is 0.108. The highest BCUT2D eigenvalue weighted by Crippen LogP contribution is 2.39. The minimum Gasteiger partial charge on any atom is -0.383 e. The fourth-order valence-corrected chi connectivity index (χ4v) is 2.07. The van der Waals surface area contributed by atoms with E-state index in [0.29, 0.717) is 12.0 Å². The van der Waals surface area contributed by atoms with Gasteiger partial charge >= 0.3 is 0 Å². The minimum absolute atomic E-state index is 0.298. The lowest BCUT2D eigenvalue weighted by Gasteiger charge is -2.39. The zero-order chi connectivity index (χ0) is 11.4. The Morgan fingerprint density at radius 2 is 1.87 bits per heavy atom. The number of nitrogens with zero attached hydrogens (tertiary/aromatic N) is 1. The summed E-state index contributed by atoms with van der Waals surface area (Å²) >= 11 is 0. The average Bonchev–Trinajstić information content (AvgIpc) is 2.22. The fourth-order valence-electron chi connectivity index (χ4n) is 2.07. The molecule has 0 aromatic carbocycles. The first-order valence-corrected chi connectivity index (χ1v) is 5.69. The van der Waals surface area contributed by atoms with Crippen LogP contribution in [0.15, 0.2) is 0 Å². The predicted molar refractivity (Wildman–Crippen MR) is 60.5 cm³/mol. The van der Waals surface area contributed by atoms with Gasteiger partial charge in [-0.3, -0.25) is 5.32 Å². The summed E-state index contributed by atoms with van der Waals surface area (Å²) in [4.78, 5) is 0. The van der Waals surface area contributed by atoms with Crippen molar-refractivity contribution in [3.05, 3.63) is 0 Å². The molecule has 1 aliphatic carbocycles. The van der Waals surface area contributed by atoms with Gasteiger partial charge in [0.05, 0.1) is 12.7 Å². The van der Waals surface area contributed by atoms with E-state index in [2.05, 4.69) is 25.2 Å². The number of nitrogens with one attached hydrogen (secondary N) is 1. The highest BCUT2D eigenvalue weighted by molar-refractivity contribution is 5.10. The molecule has 0 radical (unpaired) electrons. The van der Waals surface area contributed by atoms with Gasteiger partial charge in [-0.05, 0) is 31.1 Å². The molecule has 0 atom stereocenters. The molecule has 0 unspecified atom stereocenters. The second-order valence-electron chi connectivity index (χ2n) is 5.28. The third-order valence-electron chi connectivity index (χ3n) is 3.44. The molecule has 0 aromatic heterocycles. The van der Waals surface area contributed by atoms with Crippen molar-refractivity contribution in [1.29, 1.82) is 5.26 Å². The summed E-state index contributed by atoms with van der Waals surface area (Å²) in [6, 6.07) is 2.45. The van der Waals surface area contributed by atoms with Crippen molar-refractivity contribution in [2.24, 2.45) is 5.41 Å². The van der Waals surface area contributed by atoms with Crippen LogP contribution in [0.3, 0.4) is 0 Å². The first-order valence-electron chi connectivity index (χ1n) is 5.69. The van der Waals surface area contributed by atoms with E-state index in [1.807, 2.05) is 0 Å². The van der Waals surface area contributed by atoms with Crippen LogP contribution in [0.2, 0.25) is 0 Å². The van der Waals surface area contributed by atoms with Crippen molar-refractivity contribution < 1.29 is 4.74 Å². The van der Waals surface area contributed by atoms with E-state index < -0.39 is 0 Å². The molecule has 3 nitrogen and oxygen atoms in total. The van der Waals surface area contributed by atoms with Crippen molar-refractivity contribution in [3.8, 4) is 6.07 Å². The van der Waals surface area contributed by atoms with E-state index in [9.17, 15) is 5.26 Å². The maximum absolute atomic E-state index is 9.26. The lowest BCUT2D eigenvalue weighted by atomic mass is 9.70. The highest BCUT2D eigenvalue weighted by atomic mass is 16.5. The van der Waals surface area contributed by atoms with Crippen LogP contribution in [0.25, 0.3) is 0 Å². The van der Waals surface area contributed by atoms with E-state index in [4.69, 9.17) is 4.74 Å². The first-order chi connectivity index (χ1) is 7.04. The van der Waals surface area contributed by atoms with Crippen LogP contribution in [-0.4, -0.2) is 25.8 Å². The van der Waals surface area contributed by atoms with Gasteiger partial charge in [0, 0.05) is 13.7 Å². The minimum atomic E-state index is -0.298. The molecule has 0 amide bonds. The molecule has 15 heavy (non-hydrogen) atoms. The molecule has 1 rings (SSSR count). The van der Waals surface area contributed by atoms with Crippen LogP contribution < -0.4 is 5.32 Å². The molecule has 0 bridgehead atoms. The van der Waals surface area contributed by atoms with Crippen LogP contribution in [0.4, 0.5) is 0 Å². The summed E-state index contributed by atoms with van der Waals surface area (Å²) in [7, 11) is 1.69. The van der Waals surface area contributed by atoms with Crippen LogP contribution in [0, 0.1) is 16.7 Å². The lowest BCUT2D eigenvalue weighted by molar-refractivity contribution is 0.149. The van der Waals surface area contributed by atoms with Crippen LogP contribution in [0.1, 0.15) is 39.5 Å². The van der Waals surface area contributed by atoms with Gasteiger partial charge in [0.1, 0.15) is 5.54 Å². The monoisotopic (exact) mass is 210 g/mol. The van der Waals surface area contributed by atoms with Crippen LogP contribution in [0.5, 0.6) is 0 Å². The third-order valence-corrected chi connectivity index (χ3v) is 3.44. The van der Waals surface area contributed by atoms with Gasteiger partial charge in [-0.2, -0.15) is 5.26 Å². The van der Waals surface area contributed by atoms with Crippen molar-refractivity contribution in [1.82, 2.24) is 5.32 Å². The van der Waals surface area contributed by atoms with Gasteiger partial charge in [-0.25, -0.2) is 0 Å². The van der Waals surface area contributed by atoms with Gasteiger partial charge in [-0.1, -0.05) is 13.8 Å². The van der Waals surface area contributed by atoms with Gasteiger partial charge < -0.3 is 4.74 Å². The molecule has 0 aromatic rings. The molecule has 0 heterocycles. The maximum Gasteiger partial charge on any atom is 0.106 e. The molecule has 1 N–H and O–H groups in total. The quantitative estimate of drug-likeness (QED) is 0.723. The Bertz CT molecular complexity index is 232. The molecule has 1 saturated carbocycles. The normalized spacial score (nSPS) is 23.3. The summed E-state index contributed by atoms with van der Waals surface area (Å²) in [5, 5.41) is 12.6. The van der Waals surface area contributed by atoms with Crippen molar-refractivity contribution in [2.75, 3.05) is 20.3 Å². The van der Waals surface area contributed by atoms with Crippen molar-refractivity contribution in [2.45, 2.75) is 45.1 Å². The number of ether oxygens (including phenoxy) is 1. The number of hydrogen-bond donors (Lipinski definition) is 1. The van der Waals surface area contributed by atoms with Gasteiger partial charge in [-0.15, -0.1) is 0 Å². The van der Waals surface area contributed by atoms with E-state index in [1.54, 1.807) is 7.11 Å². The lowest BCUT2D eigenvalue weighted by Crippen LogP contribution is -2.49. The van der Waals surface area contributed by atoms with Gasteiger partial charge in [0.25, 0.3) is 0 Å². The first kappa shape index (κ1) is 12.5. The van der Waals surface area contributed by atoms with E-state index in [0.717, 1.165) is 32.2 Å². The summed E-state index contributed by atoms with van der Waals surface area (Å²) in [5.74, 6) is 0. The fraction of sp³-hybridized carbons (Fsp3) is 0.917. The average molecular weight is 210 g/mol. The van der Waals surface area contributed by atoms with Gasteiger partial charge in [0.2, 0.25) is 0 Å². The standard InChI is InChI=1S/C12H22N2O/c1-11(2)4-6-12(10-13,7-5-11)14-8-9-15-3/h14H,4-9H2,1-3H3. The molecule has 3 heteroatoms. The molecule has 0 aliphatic heterocycles. The maximum atomic E-state index is 9.26. The second-order valence-corrected chi connectivity index (χ2v) is 5.28. The number of nitriles is 1. The Balaban J connectivity index is 2.46. The van der Waals surface area contributed by atoms with E-state index in [1.165, 1.54) is 0 Å². The summed E-state index contributed by atoms with van der Waals surface area (Å²) in [6.07, 6.45) is 4.17. The molecule has 1 aliphatic rings. The van der Waals surface area contributed by atoms with Gasteiger partial charge in [0.15, 0.2) is 0 Å². The summed E-state index contributed by atoms with van der Waals surface area (Å²) in [6.45, 7) is 6.00. The Morgan fingerprint density at radius 1 is 1.27 bits per heavy atom. The third kappa shape index (κ3) is 3.48. The van der Waals surface area contributed by atoms with Crippen molar-refractivity contribution in [3.63, 3.8) is 0 Å². The van der Waals surface area contributed by atoms with Crippen LogP contribution in [-0.2, 0) is 4.74 Å². The number of rotatable bonds is 4. The number of hydrogen-bond acceptors (Lipinski definition) is 3. The largest absolute Gasteiger partial charge is 0.383 e. The zero-order valence-electron chi connectivity index (χ0n) is 10.1.